The van der Waals surface area contributed by atoms with Crippen molar-refractivity contribution in [2.24, 2.45) is 0 Å². The summed E-state index contributed by atoms with van der Waals surface area (Å²) in [5.41, 5.74) is 1.33. The Morgan fingerprint density at radius 3 is 2.53 bits per heavy atom. The van der Waals surface area contributed by atoms with Gasteiger partial charge in [-0.15, -0.1) is 0 Å². The molecule has 0 unspecified atom stereocenters. The normalized spacial score (nSPS) is 14.2. The van der Waals surface area contributed by atoms with Gasteiger partial charge in [0.1, 0.15) is 5.82 Å². The van der Waals surface area contributed by atoms with E-state index in [1.807, 2.05) is 0 Å². The molecule has 0 bridgehead atoms. The molecule has 1 N–H and O–H groups in total. The van der Waals surface area contributed by atoms with Crippen molar-refractivity contribution in [3.8, 4) is 11.5 Å². The Kier molecular flexibility index (Phi) is 8.83. The van der Waals surface area contributed by atoms with Crippen LogP contribution in [-0.2, 0) is 16.1 Å². The Morgan fingerprint density at radius 1 is 1.05 bits per heavy atom. The molecule has 12 heteroatoms. The summed E-state index contributed by atoms with van der Waals surface area (Å²) in [7, 11) is 1.40. The average molecular weight is 596 g/mol. The molecular formula is C26H18Cl3FN2O5S. The minimum atomic E-state index is -0.535. The van der Waals surface area contributed by atoms with Crippen molar-refractivity contribution in [3.63, 3.8) is 0 Å². The summed E-state index contributed by atoms with van der Waals surface area (Å²) < 4.78 is 24.3. The van der Waals surface area contributed by atoms with E-state index in [0.717, 1.165) is 22.7 Å². The largest absolute Gasteiger partial charge is 0.493 e. The van der Waals surface area contributed by atoms with E-state index in [0.29, 0.717) is 21.8 Å². The first-order chi connectivity index (χ1) is 18.2. The van der Waals surface area contributed by atoms with Gasteiger partial charge < -0.3 is 14.8 Å². The maximum atomic E-state index is 13.3. The highest BCUT2D eigenvalue weighted by atomic mass is 35.5. The first-order valence-corrected chi connectivity index (χ1v) is 12.9. The van der Waals surface area contributed by atoms with E-state index in [1.165, 1.54) is 31.4 Å². The molecule has 3 aromatic carbocycles. The number of imide groups is 1. The number of anilines is 1. The van der Waals surface area contributed by atoms with Gasteiger partial charge in [-0.3, -0.25) is 19.3 Å². The molecule has 1 aliphatic rings. The van der Waals surface area contributed by atoms with Crippen molar-refractivity contribution in [2.75, 3.05) is 19.0 Å². The summed E-state index contributed by atoms with van der Waals surface area (Å²) >= 11 is 19.2. The Hall–Kier alpha value is -3.24. The number of hydrogen-bond acceptors (Lipinski definition) is 6. The fourth-order valence-electron chi connectivity index (χ4n) is 3.46. The third kappa shape index (κ3) is 6.42. The summed E-state index contributed by atoms with van der Waals surface area (Å²) in [6.07, 6.45) is 1.49. The number of nitrogens with zero attached hydrogens (tertiary/aromatic N) is 1. The molecule has 1 aliphatic heterocycles. The van der Waals surface area contributed by atoms with Crippen LogP contribution in [0.4, 0.5) is 14.9 Å². The molecule has 196 valence electrons. The average Bonchev–Trinajstić information content (AvgIpc) is 3.13. The van der Waals surface area contributed by atoms with Crippen molar-refractivity contribution in [2.45, 2.75) is 6.54 Å². The Labute approximate surface area is 236 Å². The number of methoxy groups -OCH3 is 1. The molecule has 0 aliphatic carbocycles. The molecule has 1 fully saturated rings. The van der Waals surface area contributed by atoms with Gasteiger partial charge in [0.05, 0.1) is 34.3 Å². The second kappa shape index (κ2) is 12.1. The van der Waals surface area contributed by atoms with E-state index < -0.39 is 22.9 Å². The van der Waals surface area contributed by atoms with E-state index in [1.54, 1.807) is 30.3 Å². The summed E-state index contributed by atoms with van der Waals surface area (Å²) in [4.78, 5) is 38.9. The first-order valence-electron chi connectivity index (χ1n) is 10.9. The zero-order chi connectivity index (χ0) is 27.4. The Balaban J connectivity index is 1.48. The number of para-hydroxylation sites is 1. The number of ether oxygens (including phenoxy) is 2. The van der Waals surface area contributed by atoms with Crippen LogP contribution in [0.5, 0.6) is 11.5 Å². The number of nitrogens with one attached hydrogen (secondary N) is 1. The van der Waals surface area contributed by atoms with Gasteiger partial charge in [-0.05, 0) is 65.4 Å². The molecule has 3 amide bonds. The van der Waals surface area contributed by atoms with E-state index in [4.69, 9.17) is 44.3 Å². The fourth-order valence-corrected chi connectivity index (χ4v) is 4.98. The molecule has 1 heterocycles. The molecule has 0 radical (unpaired) electrons. The molecule has 4 rings (SSSR count). The third-order valence-electron chi connectivity index (χ3n) is 5.26. The molecule has 38 heavy (non-hydrogen) atoms. The zero-order valence-corrected chi connectivity index (χ0v) is 22.7. The van der Waals surface area contributed by atoms with Crippen molar-refractivity contribution in [3.05, 3.63) is 91.5 Å². The molecule has 1 saturated heterocycles. The number of hydrogen-bond donors (Lipinski definition) is 1. The topological polar surface area (TPSA) is 84.9 Å². The van der Waals surface area contributed by atoms with Crippen LogP contribution in [0.1, 0.15) is 11.1 Å². The van der Waals surface area contributed by atoms with E-state index in [-0.39, 0.29) is 39.6 Å². The summed E-state index contributed by atoms with van der Waals surface area (Å²) in [6, 6.07) is 13.6. The van der Waals surface area contributed by atoms with Gasteiger partial charge in [0.25, 0.3) is 17.1 Å². The highest BCUT2D eigenvalue weighted by Gasteiger charge is 2.35. The maximum absolute atomic E-state index is 13.3. The highest BCUT2D eigenvalue weighted by molar-refractivity contribution is 8.18. The van der Waals surface area contributed by atoms with E-state index in [9.17, 15) is 18.8 Å². The van der Waals surface area contributed by atoms with E-state index in [2.05, 4.69) is 5.32 Å². The van der Waals surface area contributed by atoms with Crippen LogP contribution in [0, 0.1) is 5.82 Å². The minimum absolute atomic E-state index is 0.103. The van der Waals surface area contributed by atoms with Crippen LogP contribution in [0.2, 0.25) is 15.1 Å². The molecule has 7 nitrogen and oxygen atoms in total. The monoisotopic (exact) mass is 594 g/mol. The lowest BCUT2D eigenvalue weighted by atomic mass is 10.1. The quantitative estimate of drug-likeness (QED) is 0.281. The number of thioether (sulfide) groups is 1. The smallest absolute Gasteiger partial charge is 0.293 e. The van der Waals surface area contributed by atoms with Gasteiger partial charge in [0.2, 0.25) is 0 Å². The van der Waals surface area contributed by atoms with Crippen LogP contribution in [0.25, 0.3) is 6.08 Å². The van der Waals surface area contributed by atoms with E-state index >= 15 is 0 Å². The second-order valence-electron chi connectivity index (χ2n) is 7.85. The lowest BCUT2D eigenvalue weighted by Crippen LogP contribution is -2.27. The number of carbonyl (C=O) groups is 3. The standard InChI is InChI=1S/C26H18Cl3FN2O5S/c1-36-21-9-14(8-19(29)24(21)37-13-23(33)31-20-5-3-2-4-17(20)27)10-22-25(34)32(26(35)38-22)12-15-6-7-16(30)11-18(15)28/h2-11H,12-13H2,1H3,(H,31,33)/b22-10-. The molecule has 0 aromatic heterocycles. The van der Waals surface area contributed by atoms with Gasteiger partial charge in [-0.2, -0.15) is 0 Å². The maximum Gasteiger partial charge on any atom is 0.293 e. The second-order valence-corrected chi connectivity index (χ2v) is 10.1. The fraction of sp³-hybridized carbons (Fsp3) is 0.115. The van der Waals surface area contributed by atoms with Gasteiger partial charge in [-0.25, -0.2) is 4.39 Å². The van der Waals surface area contributed by atoms with Crippen LogP contribution in [0.3, 0.4) is 0 Å². The minimum Gasteiger partial charge on any atom is -0.493 e. The predicted octanol–water partition coefficient (Wildman–Crippen LogP) is 7.05. The van der Waals surface area contributed by atoms with Gasteiger partial charge in [0, 0.05) is 5.02 Å². The lowest BCUT2D eigenvalue weighted by Gasteiger charge is -2.14. The predicted molar refractivity (Wildman–Crippen MR) is 147 cm³/mol. The number of benzene rings is 3. The SMILES string of the molecule is COc1cc(/C=C2\SC(=O)N(Cc3ccc(F)cc3Cl)C2=O)cc(Cl)c1OCC(=O)Nc1ccccc1Cl. The van der Waals surface area contributed by atoms with Crippen molar-refractivity contribution < 1.29 is 28.2 Å². The van der Waals surface area contributed by atoms with Crippen LogP contribution in [0.15, 0.2) is 59.5 Å². The van der Waals surface area contributed by atoms with Crippen molar-refractivity contribution >= 4 is 75.4 Å². The first kappa shape index (κ1) is 27.8. The Morgan fingerprint density at radius 2 is 1.82 bits per heavy atom. The van der Waals surface area contributed by atoms with Gasteiger partial charge in [0.15, 0.2) is 18.1 Å². The number of halogens is 4. The lowest BCUT2D eigenvalue weighted by molar-refractivity contribution is -0.123. The van der Waals surface area contributed by atoms with Gasteiger partial charge in [-0.1, -0.05) is 53.0 Å². The van der Waals surface area contributed by atoms with Crippen LogP contribution < -0.4 is 14.8 Å². The zero-order valence-electron chi connectivity index (χ0n) is 19.6. The molecule has 0 saturated carbocycles. The van der Waals surface area contributed by atoms with Gasteiger partial charge >= 0.3 is 0 Å². The number of carbonyl (C=O) groups excluding carboxylic acids is 3. The van der Waals surface area contributed by atoms with Crippen LogP contribution in [-0.4, -0.2) is 35.7 Å². The summed E-state index contributed by atoms with van der Waals surface area (Å²) in [5, 5.41) is 2.76. The van der Waals surface area contributed by atoms with Crippen molar-refractivity contribution in [1.29, 1.82) is 0 Å². The Bertz CT molecular complexity index is 1470. The third-order valence-corrected chi connectivity index (χ3v) is 7.13. The molecule has 0 spiro atoms. The molecular weight excluding hydrogens is 578 g/mol. The molecule has 3 aromatic rings. The van der Waals surface area contributed by atoms with Crippen LogP contribution >= 0.6 is 46.6 Å². The number of rotatable bonds is 8. The summed E-state index contributed by atoms with van der Waals surface area (Å²) in [6.45, 7) is -0.473. The van der Waals surface area contributed by atoms with Crippen molar-refractivity contribution in [1.82, 2.24) is 4.90 Å². The number of amides is 3. The molecule has 0 atom stereocenters. The highest BCUT2D eigenvalue weighted by Crippen LogP contribution is 2.39. The summed E-state index contributed by atoms with van der Waals surface area (Å²) in [5.74, 6) is -1.18.